The van der Waals surface area contributed by atoms with Gasteiger partial charge in [-0.1, -0.05) is 6.08 Å². The molecule has 2 unspecified atom stereocenters. The second-order valence-electron chi connectivity index (χ2n) is 3.75. The molecule has 0 fully saturated rings. The highest BCUT2D eigenvalue weighted by Gasteiger charge is 2.38. The molecule has 1 aliphatic rings. The molecule has 2 N–H and O–H groups in total. The van der Waals surface area contributed by atoms with E-state index in [1.165, 1.54) is 0 Å². The van der Waals surface area contributed by atoms with Crippen LogP contribution in [0.5, 0.6) is 0 Å². The lowest BCUT2D eigenvalue weighted by atomic mass is 10.2. The number of hydrogen-bond donors (Lipinski definition) is 2. The molecule has 2 atom stereocenters. The summed E-state index contributed by atoms with van der Waals surface area (Å²) in [6, 6.07) is 0. The summed E-state index contributed by atoms with van der Waals surface area (Å²) in [5, 5.41) is 18.8. The number of hydrogen-bond acceptors (Lipinski definition) is 3. The number of aliphatic hydroxyl groups excluding tert-OH is 1. The van der Waals surface area contributed by atoms with Crippen LogP contribution in [0.3, 0.4) is 0 Å². The maximum atomic E-state index is 10.7. The number of aliphatic hydroxyl groups is 1. The van der Waals surface area contributed by atoms with Crippen molar-refractivity contribution in [1.82, 2.24) is 0 Å². The van der Waals surface area contributed by atoms with Gasteiger partial charge in [-0.15, -0.1) is 6.58 Å². The minimum absolute atomic E-state index is 0.0448. The van der Waals surface area contributed by atoms with Gasteiger partial charge in [-0.3, -0.25) is 0 Å². The molecule has 0 saturated carbocycles. The molecule has 0 radical (unpaired) electrons. The third kappa shape index (κ3) is 2.87. The Morgan fingerprint density at radius 1 is 1.73 bits per heavy atom. The average Bonchev–Trinajstić information content (AvgIpc) is 2.62. The molecular weight excluding hydrogens is 196 g/mol. The van der Waals surface area contributed by atoms with Crippen LogP contribution in [-0.2, 0) is 4.79 Å². The molecular formula is C10H17N2O3+. The number of rotatable bonds is 6. The molecule has 0 aromatic carbocycles. The molecule has 5 heteroatoms. The summed E-state index contributed by atoms with van der Waals surface area (Å²) in [6.45, 7) is 4.61. The van der Waals surface area contributed by atoms with Crippen molar-refractivity contribution in [1.29, 1.82) is 0 Å². The summed E-state index contributed by atoms with van der Waals surface area (Å²) in [6.07, 6.45) is 3.76. The molecule has 1 heterocycles. The largest absolute Gasteiger partial charge is 0.477 e. The fraction of sp³-hybridized carbons (Fsp3) is 0.600. The number of allylic oxidation sites excluding steroid dienone is 1. The van der Waals surface area contributed by atoms with Gasteiger partial charge in [0.05, 0.1) is 6.54 Å². The molecule has 5 nitrogen and oxygen atoms in total. The lowest BCUT2D eigenvalue weighted by Crippen LogP contribution is -2.56. The third-order valence-corrected chi connectivity index (χ3v) is 2.61. The van der Waals surface area contributed by atoms with Gasteiger partial charge in [-0.2, -0.15) is 0 Å². The summed E-state index contributed by atoms with van der Waals surface area (Å²) in [5.74, 6) is -0.916. The Labute approximate surface area is 88.9 Å². The van der Waals surface area contributed by atoms with E-state index in [0.717, 1.165) is 0 Å². The van der Waals surface area contributed by atoms with Gasteiger partial charge in [-0.25, -0.2) is 14.3 Å². The topological polar surface area (TPSA) is 69.9 Å². The molecule has 0 aromatic heterocycles. The molecule has 0 amide bonds. The molecule has 0 aliphatic carbocycles. The molecule has 0 aromatic rings. The van der Waals surface area contributed by atoms with Crippen LogP contribution in [0.1, 0.15) is 12.8 Å². The van der Waals surface area contributed by atoms with Crippen molar-refractivity contribution in [2.24, 2.45) is 4.99 Å². The van der Waals surface area contributed by atoms with Gasteiger partial charge in [0.15, 0.2) is 19.1 Å². The Bertz CT molecular complexity index is 278. The summed E-state index contributed by atoms with van der Waals surface area (Å²) in [5.41, 5.74) is 0. The Balaban J connectivity index is 2.67. The molecule has 0 spiro atoms. The van der Waals surface area contributed by atoms with E-state index in [4.69, 9.17) is 5.11 Å². The van der Waals surface area contributed by atoms with Gasteiger partial charge in [0.2, 0.25) is 0 Å². The third-order valence-electron chi connectivity index (χ3n) is 2.61. The van der Waals surface area contributed by atoms with E-state index in [9.17, 15) is 9.90 Å². The monoisotopic (exact) mass is 213 g/mol. The van der Waals surface area contributed by atoms with Crippen LogP contribution in [0, 0.1) is 0 Å². The zero-order valence-corrected chi connectivity index (χ0v) is 8.67. The van der Waals surface area contributed by atoms with Gasteiger partial charge in [-0.05, 0) is 6.42 Å². The van der Waals surface area contributed by atoms with Crippen molar-refractivity contribution in [2.45, 2.75) is 19.1 Å². The second-order valence-corrected chi connectivity index (χ2v) is 3.75. The highest BCUT2D eigenvalue weighted by Crippen LogP contribution is 2.17. The fourth-order valence-electron chi connectivity index (χ4n) is 1.75. The quantitative estimate of drug-likeness (QED) is 0.489. The van der Waals surface area contributed by atoms with E-state index < -0.39 is 12.2 Å². The summed E-state index contributed by atoms with van der Waals surface area (Å²) in [7, 11) is 0. The van der Waals surface area contributed by atoms with Crippen molar-refractivity contribution < 1.29 is 19.5 Å². The number of aliphatic carboxylic acids is 1. The van der Waals surface area contributed by atoms with E-state index in [2.05, 4.69) is 11.6 Å². The number of carboxylic acids is 1. The summed E-state index contributed by atoms with van der Waals surface area (Å²) >= 11 is 0. The van der Waals surface area contributed by atoms with Crippen LogP contribution in [0.15, 0.2) is 17.6 Å². The Morgan fingerprint density at radius 2 is 2.47 bits per heavy atom. The average molecular weight is 213 g/mol. The van der Waals surface area contributed by atoms with E-state index >= 15 is 0 Å². The highest BCUT2D eigenvalue weighted by atomic mass is 16.4. The number of nitrogens with zero attached hydrogens (tertiary/aromatic N) is 2. The number of aliphatic imine (C=N–C) groups is 1. The van der Waals surface area contributed by atoms with Crippen LogP contribution >= 0.6 is 0 Å². The van der Waals surface area contributed by atoms with E-state index in [-0.39, 0.29) is 11.0 Å². The van der Waals surface area contributed by atoms with E-state index in [0.29, 0.717) is 25.9 Å². The second kappa shape index (κ2) is 5.04. The zero-order chi connectivity index (χ0) is 11.3. The molecule has 84 valence electrons. The van der Waals surface area contributed by atoms with Gasteiger partial charge in [0.1, 0.15) is 6.54 Å². The first-order valence-corrected chi connectivity index (χ1v) is 4.99. The SMILES string of the molecule is C=CCCC(O)[N+]1(CC(=O)O)C=NCC1. The molecule has 15 heavy (non-hydrogen) atoms. The van der Waals surface area contributed by atoms with Crippen molar-refractivity contribution in [3.05, 3.63) is 12.7 Å². The first-order valence-electron chi connectivity index (χ1n) is 4.99. The molecule has 0 saturated heterocycles. The van der Waals surface area contributed by atoms with Gasteiger partial charge in [0, 0.05) is 6.42 Å². The van der Waals surface area contributed by atoms with Crippen molar-refractivity contribution in [3.8, 4) is 0 Å². The normalized spacial score (nSPS) is 26.5. The summed E-state index contributed by atoms with van der Waals surface area (Å²) < 4.78 is 0.0448. The minimum atomic E-state index is -0.916. The van der Waals surface area contributed by atoms with Crippen LogP contribution in [0.2, 0.25) is 0 Å². The number of quaternary nitrogens is 1. The Hall–Kier alpha value is -1.20. The lowest BCUT2D eigenvalue weighted by molar-refractivity contribution is -0.873. The maximum Gasteiger partial charge on any atom is 0.359 e. The number of carboxylic acid groups (broad SMARTS) is 1. The smallest absolute Gasteiger partial charge is 0.359 e. The van der Waals surface area contributed by atoms with Crippen molar-refractivity contribution in [2.75, 3.05) is 19.6 Å². The lowest BCUT2D eigenvalue weighted by Gasteiger charge is -2.33. The first kappa shape index (κ1) is 11.9. The van der Waals surface area contributed by atoms with Crippen molar-refractivity contribution in [3.63, 3.8) is 0 Å². The fourth-order valence-corrected chi connectivity index (χ4v) is 1.75. The number of carbonyl (C=O) groups is 1. The highest BCUT2D eigenvalue weighted by molar-refractivity contribution is 5.70. The Kier molecular flexibility index (Phi) is 3.99. The maximum absolute atomic E-state index is 10.7. The van der Waals surface area contributed by atoms with E-state index in [1.807, 2.05) is 0 Å². The van der Waals surface area contributed by atoms with Gasteiger partial charge < -0.3 is 10.2 Å². The zero-order valence-electron chi connectivity index (χ0n) is 8.67. The minimum Gasteiger partial charge on any atom is -0.477 e. The Morgan fingerprint density at radius 3 is 2.93 bits per heavy atom. The van der Waals surface area contributed by atoms with Crippen LogP contribution in [0.4, 0.5) is 0 Å². The van der Waals surface area contributed by atoms with E-state index in [1.54, 1.807) is 12.4 Å². The van der Waals surface area contributed by atoms with Crippen LogP contribution in [0.25, 0.3) is 0 Å². The first-order chi connectivity index (χ1) is 7.10. The molecule has 0 bridgehead atoms. The van der Waals surface area contributed by atoms with Crippen LogP contribution < -0.4 is 0 Å². The predicted octanol–water partition coefficient (Wildman–Crippen LogP) is 0.214. The van der Waals surface area contributed by atoms with Gasteiger partial charge in [0.25, 0.3) is 0 Å². The van der Waals surface area contributed by atoms with Crippen molar-refractivity contribution >= 4 is 12.3 Å². The van der Waals surface area contributed by atoms with Gasteiger partial charge >= 0.3 is 5.97 Å². The summed E-state index contributed by atoms with van der Waals surface area (Å²) in [4.78, 5) is 14.7. The molecule has 1 rings (SSSR count). The predicted molar refractivity (Wildman–Crippen MR) is 56.4 cm³/mol. The standard InChI is InChI=1S/C10H16N2O3/c1-2-3-4-9(13)12(7-10(14)15)6-5-11-8-12/h2,8-9,13H,1,3-7H2/p+1. The molecule has 1 aliphatic heterocycles. The van der Waals surface area contributed by atoms with Crippen LogP contribution in [-0.4, -0.2) is 52.9 Å².